The third kappa shape index (κ3) is 3.81. The number of rotatable bonds is 4. The van der Waals surface area contributed by atoms with Crippen LogP contribution >= 0.6 is 0 Å². The molecule has 0 saturated heterocycles. The number of carbonyl (C=O) groups is 1. The van der Waals surface area contributed by atoms with E-state index in [1.807, 2.05) is 50.2 Å². The molecule has 0 bridgehead atoms. The van der Waals surface area contributed by atoms with Crippen LogP contribution in [0.25, 0.3) is 5.69 Å². The van der Waals surface area contributed by atoms with Crippen LogP contribution in [0.3, 0.4) is 0 Å². The molecular formula is C17H20N6O2. The van der Waals surface area contributed by atoms with Crippen molar-refractivity contribution in [3.63, 3.8) is 0 Å². The average Bonchev–Trinajstić information content (AvgIpc) is 3.23. The van der Waals surface area contributed by atoms with Gasteiger partial charge >= 0.3 is 0 Å². The minimum Gasteiger partial charge on any atom is -0.412 e. The number of nitrogens with one attached hydrogen (secondary N) is 2. The molecular weight excluding hydrogens is 320 g/mol. The largest absolute Gasteiger partial charge is 0.412 e. The molecule has 4 N–H and O–H groups in total. The summed E-state index contributed by atoms with van der Waals surface area (Å²) in [5, 5.41) is 12.1. The van der Waals surface area contributed by atoms with Gasteiger partial charge in [-0.2, -0.15) is 5.10 Å². The lowest BCUT2D eigenvalue weighted by Gasteiger charge is -2.04. The minimum atomic E-state index is -0.392. The van der Waals surface area contributed by atoms with Gasteiger partial charge in [0.25, 0.3) is 5.91 Å². The van der Waals surface area contributed by atoms with Gasteiger partial charge < -0.3 is 10.5 Å². The lowest BCUT2D eigenvalue weighted by Crippen LogP contribution is -2.21. The molecule has 130 valence electrons. The van der Waals surface area contributed by atoms with Crippen LogP contribution in [-0.2, 0) is 0 Å². The van der Waals surface area contributed by atoms with Crippen molar-refractivity contribution in [1.29, 1.82) is 0 Å². The molecule has 0 aliphatic rings. The molecule has 0 spiro atoms. The monoisotopic (exact) mass is 340 g/mol. The highest BCUT2D eigenvalue weighted by Gasteiger charge is 2.17. The first kappa shape index (κ1) is 18.1. The summed E-state index contributed by atoms with van der Waals surface area (Å²) in [6.07, 6.45) is 1.80. The van der Waals surface area contributed by atoms with Crippen LogP contribution in [0.1, 0.15) is 34.4 Å². The molecule has 25 heavy (non-hydrogen) atoms. The van der Waals surface area contributed by atoms with Gasteiger partial charge in [-0.25, -0.2) is 10.1 Å². The highest BCUT2D eigenvalue weighted by molar-refractivity contribution is 5.99. The summed E-state index contributed by atoms with van der Waals surface area (Å²) in [6, 6.07) is 11.6. The third-order valence-corrected chi connectivity index (χ3v) is 3.70. The van der Waals surface area contributed by atoms with Crippen LogP contribution in [0.4, 0.5) is 0 Å². The molecule has 3 rings (SSSR count). The number of aromatic amines is 1. The van der Waals surface area contributed by atoms with Crippen LogP contribution in [0, 0.1) is 13.8 Å². The Bertz CT molecular complexity index is 879. The number of amides is 1. The third-order valence-electron chi connectivity index (χ3n) is 3.70. The van der Waals surface area contributed by atoms with Gasteiger partial charge in [-0.1, -0.05) is 22.9 Å². The predicted octanol–water partition coefficient (Wildman–Crippen LogP) is 1.54. The summed E-state index contributed by atoms with van der Waals surface area (Å²) >= 11 is 0. The van der Waals surface area contributed by atoms with Crippen molar-refractivity contribution >= 4 is 11.6 Å². The molecule has 1 aromatic carbocycles. The van der Waals surface area contributed by atoms with Crippen LogP contribution < -0.4 is 5.43 Å². The molecule has 0 atom stereocenters. The van der Waals surface area contributed by atoms with E-state index in [1.54, 1.807) is 17.8 Å². The zero-order valence-electron chi connectivity index (χ0n) is 14.2. The fourth-order valence-electron chi connectivity index (χ4n) is 2.27. The zero-order valence-corrected chi connectivity index (χ0v) is 14.2. The number of hydrogen-bond acceptors (Lipinski definition) is 4. The fraction of sp³-hybridized carbons (Fsp3) is 0.176. The standard InChI is InChI=1S/C17H18N6O.H2O/c1-11-6-8-14(9-7-11)23-13(3)16(20-22-23)17(24)21-19-12(2)15-5-4-10-18-15;/h4-10,18H,1-3H3,(H,21,24);1H2/b19-12+;. The number of carbonyl (C=O) groups excluding carboxylic acids is 1. The Kier molecular flexibility index (Phi) is 5.45. The Balaban J connectivity index is 0.00000225. The maximum Gasteiger partial charge on any atom is 0.293 e. The Labute approximate surface area is 144 Å². The Morgan fingerprint density at radius 2 is 1.92 bits per heavy atom. The fourth-order valence-corrected chi connectivity index (χ4v) is 2.27. The molecule has 0 aliphatic heterocycles. The van der Waals surface area contributed by atoms with E-state index >= 15 is 0 Å². The normalized spacial score (nSPS) is 11.1. The number of aryl methyl sites for hydroxylation is 1. The Hall–Kier alpha value is -3.26. The van der Waals surface area contributed by atoms with Crippen LogP contribution in [0.15, 0.2) is 47.7 Å². The van der Waals surface area contributed by atoms with Crippen molar-refractivity contribution in [2.24, 2.45) is 5.10 Å². The first-order valence-electron chi connectivity index (χ1n) is 7.54. The van der Waals surface area contributed by atoms with E-state index in [-0.39, 0.29) is 11.2 Å². The Morgan fingerprint density at radius 1 is 1.20 bits per heavy atom. The van der Waals surface area contributed by atoms with E-state index in [2.05, 4.69) is 25.8 Å². The number of benzene rings is 1. The minimum absolute atomic E-state index is 0. The van der Waals surface area contributed by atoms with E-state index in [1.165, 1.54) is 0 Å². The first-order valence-corrected chi connectivity index (χ1v) is 7.54. The molecule has 0 fully saturated rings. The second-order valence-corrected chi connectivity index (χ2v) is 5.49. The summed E-state index contributed by atoms with van der Waals surface area (Å²) in [6.45, 7) is 5.62. The number of aromatic nitrogens is 4. The van der Waals surface area contributed by atoms with E-state index in [0.717, 1.165) is 16.9 Å². The lowest BCUT2D eigenvalue weighted by atomic mass is 10.2. The maximum atomic E-state index is 12.3. The first-order chi connectivity index (χ1) is 11.6. The van der Waals surface area contributed by atoms with Crippen LogP contribution in [-0.4, -0.2) is 37.1 Å². The topological polar surface area (TPSA) is 119 Å². The summed E-state index contributed by atoms with van der Waals surface area (Å²) in [4.78, 5) is 15.3. The van der Waals surface area contributed by atoms with Gasteiger partial charge in [-0.05, 0) is 45.0 Å². The Morgan fingerprint density at radius 3 is 2.56 bits per heavy atom. The highest BCUT2D eigenvalue weighted by Crippen LogP contribution is 2.13. The molecule has 8 heteroatoms. The van der Waals surface area contributed by atoms with Gasteiger partial charge in [0.05, 0.1) is 22.8 Å². The second-order valence-electron chi connectivity index (χ2n) is 5.49. The van der Waals surface area contributed by atoms with Gasteiger partial charge in [0.15, 0.2) is 5.69 Å². The summed E-state index contributed by atoms with van der Waals surface area (Å²) < 4.78 is 1.63. The second kappa shape index (κ2) is 7.54. The molecule has 1 amide bonds. The van der Waals surface area contributed by atoms with Crippen molar-refractivity contribution in [2.45, 2.75) is 20.8 Å². The van der Waals surface area contributed by atoms with Gasteiger partial charge in [0, 0.05) is 6.20 Å². The van der Waals surface area contributed by atoms with Gasteiger partial charge in [-0.15, -0.1) is 5.10 Å². The predicted molar refractivity (Wildman–Crippen MR) is 94.9 cm³/mol. The number of hydrogen-bond donors (Lipinski definition) is 2. The van der Waals surface area contributed by atoms with Crippen LogP contribution in [0.5, 0.6) is 0 Å². The number of H-pyrrole nitrogens is 1. The number of hydrazone groups is 1. The molecule has 0 unspecified atom stereocenters. The molecule has 3 aromatic rings. The SMILES string of the molecule is C/C(=N\NC(=O)c1nnn(-c2ccc(C)cc2)c1C)c1ccc[nH]1.O. The zero-order chi connectivity index (χ0) is 17.1. The smallest absolute Gasteiger partial charge is 0.293 e. The van der Waals surface area contributed by atoms with Gasteiger partial charge in [0.2, 0.25) is 0 Å². The van der Waals surface area contributed by atoms with E-state index < -0.39 is 5.91 Å². The van der Waals surface area contributed by atoms with Crippen molar-refractivity contribution < 1.29 is 10.3 Å². The summed E-state index contributed by atoms with van der Waals surface area (Å²) in [7, 11) is 0. The van der Waals surface area contributed by atoms with Gasteiger partial charge in [-0.3, -0.25) is 4.79 Å². The quantitative estimate of drug-likeness (QED) is 0.553. The summed E-state index contributed by atoms with van der Waals surface area (Å²) in [5.41, 5.74) is 6.95. The average molecular weight is 340 g/mol. The molecule has 8 nitrogen and oxygen atoms in total. The van der Waals surface area contributed by atoms with Crippen molar-refractivity contribution in [2.75, 3.05) is 0 Å². The van der Waals surface area contributed by atoms with E-state index in [9.17, 15) is 4.79 Å². The number of nitrogens with zero attached hydrogens (tertiary/aromatic N) is 4. The maximum absolute atomic E-state index is 12.3. The molecule has 0 radical (unpaired) electrons. The van der Waals surface area contributed by atoms with Crippen molar-refractivity contribution in [3.8, 4) is 5.69 Å². The van der Waals surface area contributed by atoms with Gasteiger partial charge in [0.1, 0.15) is 0 Å². The van der Waals surface area contributed by atoms with Crippen molar-refractivity contribution in [1.82, 2.24) is 25.4 Å². The molecule has 2 heterocycles. The lowest BCUT2D eigenvalue weighted by molar-refractivity contribution is 0.0949. The molecule has 0 saturated carbocycles. The highest BCUT2D eigenvalue weighted by atomic mass is 16.2. The van der Waals surface area contributed by atoms with Crippen molar-refractivity contribution in [3.05, 3.63) is 65.2 Å². The molecule has 2 aromatic heterocycles. The van der Waals surface area contributed by atoms with E-state index in [4.69, 9.17) is 0 Å². The van der Waals surface area contributed by atoms with Crippen LogP contribution in [0.2, 0.25) is 0 Å². The molecule has 0 aliphatic carbocycles. The van der Waals surface area contributed by atoms with E-state index in [0.29, 0.717) is 11.4 Å². The summed E-state index contributed by atoms with van der Waals surface area (Å²) in [5.74, 6) is -0.392.